The third-order valence-electron chi connectivity index (χ3n) is 3.47. The molecule has 0 aliphatic carbocycles. The molecule has 0 spiro atoms. The number of nitrogens with zero attached hydrogens (tertiary/aromatic N) is 3. The standard InChI is InChI=1S/C12H15N5O5/c1-5(19)15-10-9-11(14-4-13-10)17(12(21)16-9)8-2-6(20)7(3-18)22-8/h4,6-8,18,20H,2-3H2,1H3,(H,16,21)(H,13,14,15,19)/t6?,7-,8-/m1/s1. The molecule has 1 fully saturated rings. The molecule has 1 unspecified atom stereocenters. The molecule has 1 aliphatic rings. The van der Waals surface area contributed by atoms with Crippen LogP contribution in [0, 0.1) is 0 Å². The molecule has 1 amide bonds. The second-order valence-electron chi connectivity index (χ2n) is 5.02. The van der Waals surface area contributed by atoms with Crippen LogP contribution in [0.15, 0.2) is 11.1 Å². The van der Waals surface area contributed by atoms with Gasteiger partial charge >= 0.3 is 5.69 Å². The van der Waals surface area contributed by atoms with E-state index in [2.05, 4.69) is 20.3 Å². The molecule has 3 atom stereocenters. The van der Waals surface area contributed by atoms with Crippen LogP contribution in [0.25, 0.3) is 11.2 Å². The normalized spacial score (nSPS) is 24.8. The van der Waals surface area contributed by atoms with Crippen LogP contribution in [0.4, 0.5) is 5.82 Å². The highest BCUT2D eigenvalue weighted by molar-refractivity contribution is 5.95. The molecule has 3 heterocycles. The first kappa shape index (κ1) is 14.6. The zero-order valence-electron chi connectivity index (χ0n) is 11.7. The number of carbonyl (C=O) groups is 1. The van der Waals surface area contributed by atoms with Gasteiger partial charge in [-0.2, -0.15) is 0 Å². The number of rotatable bonds is 3. The maximum absolute atomic E-state index is 12.2. The van der Waals surface area contributed by atoms with Crippen molar-refractivity contribution < 1.29 is 19.7 Å². The Morgan fingerprint density at radius 2 is 2.36 bits per heavy atom. The van der Waals surface area contributed by atoms with Crippen LogP contribution in [0.2, 0.25) is 0 Å². The van der Waals surface area contributed by atoms with Crippen molar-refractivity contribution in [2.45, 2.75) is 31.8 Å². The summed E-state index contributed by atoms with van der Waals surface area (Å²) in [5.74, 6) is -0.146. The van der Waals surface area contributed by atoms with Crippen molar-refractivity contribution in [1.29, 1.82) is 0 Å². The van der Waals surface area contributed by atoms with Crippen LogP contribution >= 0.6 is 0 Å². The van der Waals surface area contributed by atoms with Crippen molar-refractivity contribution in [1.82, 2.24) is 19.5 Å². The number of fused-ring (bicyclic) bond motifs is 1. The van der Waals surface area contributed by atoms with Gasteiger partial charge in [0.2, 0.25) is 5.91 Å². The summed E-state index contributed by atoms with van der Waals surface area (Å²) in [6, 6.07) is 0. The van der Waals surface area contributed by atoms with Gasteiger partial charge in [-0.1, -0.05) is 0 Å². The van der Waals surface area contributed by atoms with E-state index in [1.54, 1.807) is 0 Å². The fourth-order valence-electron chi connectivity index (χ4n) is 2.50. The maximum Gasteiger partial charge on any atom is 0.329 e. The van der Waals surface area contributed by atoms with E-state index in [1.165, 1.54) is 17.8 Å². The highest BCUT2D eigenvalue weighted by atomic mass is 16.5. The number of hydrogen-bond acceptors (Lipinski definition) is 7. The van der Waals surface area contributed by atoms with E-state index in [9.17, 15) is 14.7 Å². The number of aromatic amines is 1. The SMILES string of the molecule is CC(=O)Nc1ncnc2c1[nH]c(=O)n2[C@H]1CC(O)[C@@H](CO)O1. The summed E-state index contributed by atoms with van der Waals surface area (Å²) in [5, 5.41) is 21.4. The Morgan fingerprint density at radius 3 is 3.00 bits per heavy atom. The lowest BCUT2D eigenvalue weighted by Crippen LogP contribution is -2.25. The maximum atomic E-state index is 12.2. The topological polar surface area (TPSA) is 142 Å². The minimum absolute atomic E-state index is 0.150. The van der Waals surface area contributed by atoms with E-state index in [-0.39, 0.29) is 35.9 Å². The Bertz CT molecular complexity index is 769. The van der Waals surface area contributed by atoms with Crippen molar-refractivity contribution in [3.05, 3.63) is 16.8 Å². The summed E-state index contributed by atoms with van der Waals surface area (Å²) in [6.45, 7) is 0.978. The lowest BCUT2D eigenvalue weighted by molar-refractivity contribution is -0.114. The van der Waals surface area contributed by atoms with Gasteiger partial charge in [0.25, 0.3) is 0 Å². The largest absolute Gasteiger partial charge is 0.394 e. The molecule has 10 nitrogen and oxygen atoms in total. The van der Waals surface area contributed by atoms with Gasteiger partial charge in [-0.15, -0.1) is 0 Å². The van der Waals surface area contributed by atoms with Crippen molar-refractivity contribution in [2.75, 3.05) is 11.9 Å². The summed E-state index contributed by atoms with van der Waals surface area (Å²) in [4.78, 5) is 33.9. The van der Waals surface area contributed by atoms with Gasteiger partial charge in [0.1, 0.15) is 24.2 Å². The number of aliphatic hydroxyl groups is 2. The molecule has 0 radical (unpaired) electrons. The van der Waals surface area contributed by atoms with Gasteiger partial charge in [-0.25, -0.2) is 19.3 Å². The Morgan fingerprint density at radius 1 is 1.59 bits per heavy atom. The number of nitrogens with one attached hydrogen (secondary N) is 2. The average Bonchev–Trinajstić information content (AvgIpc) is 2.98. The Balaban J connectivity index is 2.06. The summed E-state index contributed by atoms with van der Waals surface area (Å²) in [7, 11) is 0. The van der Waals surface area contributed by atoms with Gasteiger partial charge in [0.05, 0.1) is 12.7 Å². The van der Waals surface area contributed by atoms with Gasteiger partial charge in [-0.3, -0.25) is 4.79 Å². The number of amides is 1. The number of anilines is 1. The highest BCUT2D eigenvalue weighted by Gasteiger charge is 2.36. The summed E-state index contributed by atoms with van der Waals surface area (Å²) in [6.07, 6.45) is -1.01. The van der Waals surface area contributed by atoms with Crippen molar-refractivity contribution in [2.24, 2.45) is 0 Å². The van der Waals surface area contributed by atoms with Crippen molar-refractivity contribution >= 4 is 22.9 Å². The summed E-state index contributed by atoms with van der Waals surface area (Å²) >= 11 is 0. The predicted octanol–water partition coefficient (Wildman–Crippen LogP) is -1.28. The number of ether oxygens (including phenoxy) is 1. The third-order valence-corrected chi connectivity index (χ3v) is 3.47. The molecule has 10 heteroatoms. The first-order chi connectivity index (χ1) is 10.5. The summed E-state index contributed by atoms with van der Waals surface area (Å²) in [5.41, 5.74) is 0.0191. The van der Waals surface area contributed by atoms with Crippen LogP contribution < -0.4 is 11.0 Å². The molecule has 3 rings (SSSR count). The molecule has 22 heavy (non-hydrogen) atoms. The predicted molar refractivity (Wildman–Crippen MR) is 74.1 cm³/mol. The number of carbonyl (C=O) groups excluding carboxylic acids is 1. The molecule has 4 N–H and O–H groups in total. The van der Waals surface area contributed by atoms with E-state index in [0.717, 1.165) is 0 Å². The van der Waals surface area contributed by atoms with E-state index >= 15 is 0 Å². The smallest absolute Gasteiger partial charge is 0.329 e. The Hall–Kier alpha value is -2.30. The average molecular weight is 309 g/mol. The first-order valence-electron chi connectivity index (χ1n) is 6.68. The van der Waals surface area contributed by atoms with Gasteiger partial charge in [0, 0.05) is 13.3 Å². The molecule has 1 aliphatic heterocycles. The molecule has 2 aromatic rings. The number of aliphatic hydroxyl groups excluding tert-OH is 2. The zero-order valence-corrected chi connectivity index (χ0v) is 11.7. The number of imidazole rings is 1. The molecule has 0 saturated carbocycles. The quantitative estimate of drug-likeness (QED) is 0.553. The second-order valence-corrected chi connectivity index (χ2v) is 5.02. The van der Waals surface area contributed by atoms with Gasteiger partial charge in [0.15, 0.2) is 11.5 Å². The third kappa shape index (κ3) is 2.36. The molecular formula is C12H15N5O5. The minimum atomic E-state index is -0.872. The number of aromatic nitrogens is 4. The van der Waals surface area contributed by atoms with Crippen molar-refractivity contribution in [3.8, 4) is 0 Å². The van der Waals surface area contributed by atoms with Crippen molar-refractivity contribution in [3.63, 3.8) is 0 Å². The summed E-state index contributed by atoms with van der Waals surface area (Å²) < 4.78 is 6.71. The van der Waals surface area contributed by atoms with E-state index in [1.807, 2.05) is 0 Å². The fourth-order valence-corrected chi connectivity index (χ4v) is 2.50. The number of H-pyrrole nitrogens is 1. The monoisotopic (exact) mass is 309 g/mol. The van der Waals surface area contributed by atoms with E-state index in [0.29, 0.717) is 0 Å². The molecule has 0 bridgehead atoms. The highest BCUT2D eigenvalue weighted by Crippen LogP contribution is 2.30. The van der Waals surface area contributed by atoms with Crippen LogP contribution in [0.3, 0.4) is 0 Å². The molecule has 0 aromatic carbocycles. The molecular weight excluding hydrogens is 294 g/mol. The Labute approximate surface area is 123 Å². The first-order valence-corrected chi connectivity index (χ1v) is 6.68. The minimum Gasteiger partial charge on any atom is -0.394 e. The Kier molecular flexibility index (Phi) is 3.64. The molecule has 2 aromatic heterocycles. The van der Waals surface area contributed by atoms with Gasteiger partial charge in [-0.05, 0) is 0 Å². The zero-order chi connectivity index (χ0) is 15.9. The molecule has 1 saturated heterocycles. The van der Waals surface area contributed by atoms with Crippen LogP contribution in [-0.4, -0.2) is 54.5 Å². The van der Waals surface area contributed by atoms with E-state index < -0.39 is 24.1 Å². The fraction of sp³-hybridized carbons (Fsp3) is 0.500. The van der Waals surface area contributed by atoms with E-state index in [4.69, 9.17) is 9.84 Å². The van der Waals surface area contributed by atoms with Gasteiger partial charge < -0.3 is 25.3 Å². The molecule has 118 valence electrons. The van der Waals surface area contributed by atoms with Crippen LogP contribution in [0.5, 0.6) is 0 Å². The lowest BCUT2D eigenvalue weighted by Gasteiger charge is -2.12. The van der Waals surface area contributed by atoms with Crippen LogP contribution in [0.1, 0.15) is 19.6 Å². The lowest BCUT2D eigenvalue weighted by atomic mass is 10.2. The second kappa shape index (κ2) is 5.48. The van der Waals surface area contributed by atoms with Crippen LogP contribution in [-0.2, 0) is 9.53 Å². The number of hydrogen-bond donors (Lipinski definition) is 4.